The number of carbonyl (C=O) groups excluding carboxylic acids is 1. The van der Waals surface area contributed by atoms with Crippen LogP contribution in [0.3, 0.4) is 0 Å². The summed E-state index contributed by atoms with van der Waals surface area (Å²) in [4.78, 5) is 10.7. The second-order valence-electron chi connectivity index (χ2n) is 2.57. The van der Waals surface area contributed by atoms with Crippen molar-refractivity contribution in [2.45, 2.75) is 43.5 Å². The Morgan fingerprint density at radius 2 is 2.10 bits per heavy atom. The molecule has 0 saturated heterocycles. The first-order valence-electron chi connectivity index (χ1n) is 3.83. The van der Waals surface area contributed by atoms with Gasteiger partial charge in [-0.05, 0) is 13.3 Å². The largest absolute Gasteiger partial charge is 0.299 e. The minimum atomic E-state index is 0.254. The van der Waals surface area contributed by atoms with Gasteiger partial charge in [-0.2, -0.15) is 0 Å². The molecule has 60 valence electrons. The Bertz CT molecular complexity index is 101. The lowest BCUT2D eigenvalue weighted by Crippen LogP contribution is -2.08. The average molecular weight is 254 g/mol. The maximum Gasteiger partial charge on any atom is 0.142 e. The zero-order valence-electron chi connectivity index (χ0n) is 6.69. The Hall–Kier alpha value is 0.400. The molecular weight excluding hydrogens is 239 g/mol. The molecule has 0 N–H and O–H groups in total. The Labute approximate surface area is 76.7 Å². The van der Waals surface area contributed by atoms with Gasteiger partial charge in [0.15, 0.2) is 0 Å². The molecule has 0 aromatic heterocycles. The second kappa shape index (κ2) is 6.13. The fourth-order valence-electron chi connectivity index (χ4n) is 0.777. The highest BCUT2D eigenvalue weighted by molar-refractivity contribution is 14.1. The zero-order chi connectivity index (χ0) is 7.98. The van der Waals surface area contributed by atoms with Crippen LogP contribution in [-0.2, 0) is 4.79 Å². The Morgan fingerprint density at radius 3 is 2.50 bits per heavy atom. The summed E-state index contributed by atoms with van der Waals surface area (Å²) < 4.78 is 0.254. The van der Waals surface area contributed by atoms with E-state index in [1.54, 1.807) is 6.92 Å². The molecule has 2 heteroatoms. The molecule has 0 rings (SSSR count). The van der Waals surface area contributed by atoms with Crippen molar-refractivity contribution in [3.8, 4) is 0 Å². The van der Waals surface area contributed by atoms with Gasteiger partial charge >= 0.3 is 0 Å². The van der Waals surface area contributed by atoms with Gasteiger partial charge in [0.2, 0.25) is 0 Å². The quantitative estimate of drug-likeness (QED) is 0.419. The molecule has 10 heavy (non-hydrogen) atoms. The van der Waals surface area contributed by atoms with E-state index in [1.807, 2.05) is 0 Å². The maximum absolute atomic E-state index is 10.7. The van der Waals surface area contributed by atoms with Crippen LogP contribution in [-0.4, -0.2) is 9.71 Å². The van der Waals surface area contributed by atoms with Crippen LogP contribution in [0.5, 0.6) is 0 Å². The van der Waals surface area contributed by atoms with Crippen LogP contribution in [0.2, 0.25) is 0 Å². The van der Waals surface area contributed by atoms with E-state index < -0.39 is 0 Å². The molecule has 0 radical (unpaired) electrons. The van der Waals surface area contributed by atoms with Gasteiger partial charge in [-0.25, -0.2) is 0 Å². The maximum atomic E-state index is 10.7. The zero-order valence-corrected chi connectivity index (χ0v) is 8.85. The first kappa shape index (κ1) is 10.4. The molecular formula is C8H15IO. The lowest BCUT2D eigenvalue weighted by molar-refractivity contribution is -0.116. The number of hydrogen-bond acceptors (Lipinski definition) is 1. The topological polar surface area (TPSA) is 17.1 Å². The highest BCUT2D eigenvalue weighted by Gasteiger charge is 2.07. The normalized spacial score (nSPS) is 13.1. The summed E-state index contributed by atoms with van der Waals surface area (Å²) in [5.74, 6) is 0.316. The highest BCUT2D eigenvalue weighted by atomic mass is 127. The molecule has 0 aromatic carbocycles. The minimum absolute atomic E-state index is 0.254. The molecule has 0 aromatic rings. The van der Waals surface area contributed by atoms with Crippen LogP contribution in [0.1, 0.15) is 39.5 Å². The summed E-state index contributed by atoms with van der Waals surface area (Å²) in [6.45, 7) is 3.85. The van der Waals surface area contributed by atoms with E-state index in [2.05, 4.69) is 29.5 Å². The third-order valence-corrected chi connectivity index (χ3v) is 3.00. The summed E-state index contributed by atoms with van der Waals surface area (Å²) in [6, 6.07) is 0. The van der Waals surface area contributed by atoms with E-state index in [4.69, 9.17) is 0 Å². The summed E-state index contributed by atoms with van der Waals surface area (Å²) in [5.41, 5.74) is 0. The lowest BCUT2D eigenvalue weighted by atomic mass is 10.1. The van der Waals surface area contributed by atoms with Crippen molar-refractivity contribution < 1.29 is 4.79 Å². The Kier molecular flexibility index (Phi) is 6.38. The SMILES string of the molecule is CCCCCC(I)C(C)=O. The Balaban J connectivity index is 3.21. The third-order valence-electron chi connectivity index (χ3n) is 1.50. The number of hydrogen-bond donors (Lipinski definition) is 0. The monoisotopic (exact) mass is 254 g/mol. The summed E-state index contributed by atoms with van der Waals surface area (Å²) in [5, 5.41) is 0. The van der Waals surface area contributed by atoms with E-state index in [9.17, 15) is 4.79 Å². The van der Waals surface area contributed by atoms with Gasteiger partial charge in [-0.15, -0.1) is 0 Å². The minimum Gasteiger partial charge on any atom is -0.299 e. The fourth-order valence-corrected chi connectivity index (χ4v) is 1.22. The molecule has 1 nitrogen and oxygen atoms in total. The van der Waals surface area contributed by atoms with E-state index in [0.29, 0.717) is 5.78 Å². The second-order valence-corrected chi connectivity index (χ2v) is 4.08. The number of alkyl halides is 1. The third kappa shape index (κ3) is 5.21. The first-order valence-corrected chi connectivity index (χ1v) is 5.07. The molecule has 1 unspecified atom stereocenters. The van der Waals surface area contributed by atoms with Crippen molar-refractivity contribution in [2.24, 2.45) is 0 Å². The summed E-state index contributed by atoms with van der Waals surface area (Å²) >= 11 is 2.22. The van der Waals surface area contributed by atoms with E-state index in [1.165, 1.54) is 19.3 Å². The highest BCUT2D eigenvalue weighted by Crippen LogP contribution is 2.11. The van der Waals surface area contributed by atoms with E-state index >= 15 is 0 Å². The van der Waals surface area contributed by atoms with Crippen molar-refractivity contribution in [3.63, 3.8) is 0 Å². The molecule has 0 fully saturated rings. The van der Waals surface area contributed by atoms with Crippen LogP contribution >= 0.6 is 22.6 Å². The predicted octanol–water partition coefficient (Wildman–Crippen LogP) is 2.96. The van der Waals surface area contributed by atoms with Gasteiger partial charge in [0, 0.05) is 0 Å². The number of unbranched alkanes of at least 4 members (excludes halogenated alkanes) is 2. The predicted molar refractivity (Wildman–Crippen MR) is 52.6 cm³/mol. The van der Waals surface area contributed by atoms with Crippen molar-refractivity contribution in [1.29, 1.82) is 0 Å². The lowest BCUT2D eigenvalue weighted by Gasteiger charge is -2.03. The summed E-state index contributed by atoms with van der Waals surface area (Å²) in [7, 11) is 0. The van der Waals surface area contributed by atoms with Crippen molar-refractivity contribution in [1.82, 2.24) is 0 Å². The van der Waals surface area contributed by atoms with Crippen molar-refractivity contribution >= 4 is 28.4 Å². The van der Waals surface area contributed by atoms with Crippen LogP contribution in [0, 0.1) is 0 Å². The number of Topliss-reactive ketones (excluding diaryl/α,β-unsaturated/α-hetero) is 1. The first-order chi connectivity index (χ1) is 4.68. The molecule has 0 aliphatic carbocycles. The number of rotatable bonds is 5. The molecule has 0 heterocycles. The van der Waals surface area contributed by atoms with Crippen LogP contribution in [0.4, 0.5) is 0 Å². The Morgan fingerprint density at radius 1 is 1.50 bits per heavy atom. The number of carbonyl (C=O) groups is 1. The smallest absolute Gasteiger partial charge is 0.142 e. The van der Waals surface area contributed by atoms with Crippen molar-refractivity contribution in [3.05, 3.63) is 0 Å². The van der Waals surface area contributed by atoms with Gasteiger partial charge in [-0.1, -0.05) is 48.8 Å². The summed E-state index contributed by atoms with van der Waals surface area (Å²) in [6.07, 6.45) is 4.75. The van der Waals surface area contributed by atoms with E-state index in [-0.39, 0.29) is 3.92 Å². The molecule has 1 atom stereocenters. The van der Waals surface area contributed by atoms with Crippen LogP contribution < -0.4 is 0 Å². The number of ketones is 1. The van der Waals surface area contributed by atoms with Gasteiger partial charge < -0.3 is 0 Å². The van der Waals surface area contributed by atoms with Gasteiger partial charge in [0.05, 0.1) is 3.92 Å². The molecule has 0 aliphatic rings. The van der Waals surface area contributed by atoms with Crippen LogP contribution in [0.25, 0.3) is 0 Å². The number of halogens is 1. The molecule has 0 amide bonds. The molecule has 0 aliphatic heterocycles. The van der Waals surface area contributed by atoms with Gasteiger partial charge in [0.1, 0.15) is 5.78 Å². The molecule has 0 spiro atoms. The van der Waals surface area contributed by atoms with Gasteiger partial charge in [-0.3, -0.25) is 4.79 Å². The van der Waals surface area contributed by atoms with Gasteiger partial charge in [0.25, 0.3) is 0 Å². The average Bonchev–Trinajstić information content (AvgIpc) is 1.88. The van der Waals surface area contributed by atoms with E-state index in [0.717, 1.165) is 6.42 Å². The standard InChI is InChI=1S/C8H15IO/c1-3-4-5-6-8(9)7(2)10/h8H,3-6H2,1-2H3. The van der Waals surface area contributed by atoms with Crippen LogP contribution in [0.15, 0.2) is 0 Å². The fraction of sp³-hybridized carbons (Fsp3) is 0.875. The van der Waals surface area contributed by atoms with Crippen molar-refractivity contribution in [2.75, 3.05) is 0 Å². The molecule has 0 saturated carbocycles. The molecule has 0 bridgehead atoms.